The van der Waals surface area contributed by atoms with Crippen molar-refractivity contribution >= 4 is 5.97 Å². The van der Waals surface area contributed by atoms with Crippen molar-refractivity contribution in [2.75, 3.05) is 13.2 Å². The lowest BCUT2D eigenvalue weighted by Crippen LogP contribution is -2.32. The number of hydrogen-bond donors (Lipinski definition) is 0. The molecule has 0 aliphatic carbocycles. The van der Waals surface area contributed by atoms with Crippen LogP contribution in [0.3, 0.4) is 0 Å². The lowest BCUT2D eigenvalue weighted by Gasteiger charge is -2.32. The van der Waals surface area contributed by atoms with Gasteiger partial charge in [0.2, 0.25) is 0 Å². The molecule has 0 bridgehead atoms. The monoisotopic (exact) mass is 265 g/mol. The molecule has 1 heterocycles. The molecule has 3 atom stereocenters. The van der Waals surface area contributed by atoms with E-state index in [1.165, 1.54) is 12.8 Å². The lowest BCUT2D eigenvalue weighted by atomic mass is 9.91. The van der Waals surface area contributed by atoms with Gasteiger partial charge in [0.05, 0.1) is 6.61 Å². The fraction of sp³-hybridized carbons (Fsp3) is 0.688. The number of ether oxygens (including phenoxy) is 1. The molecule has 0 unspecified atom stereocenters. The van der Waals surface area contributed by atoms with E-state index in [1.807, 2.05) is 13.0 Å². The summed E-state index contributed by atoms with van der Waals surface area (Å²) in [6.07, 6.45) is 6.01. The molecule has 3 heteroatoms. The fourth-order valence-corrected chi connectivity index (χ4v) is 2.57. The summed E-state index contributed by atoms with van der Waals surface area (Å²) in [6, 6.07) is 0.500. The van der Waals surface area contributed by atoms with E-state index in [4.69, 9.17) is 4.74 Å². The van der Waals surface area contributed by atoms with E-state index in [0.29, 0.717) is 18.6 Å². The summed E-state index contributed by atoms with van der Waals surface area (Å²) in [5.41, 5.74) is 1.09. The van der Waals surface area contributed by atoms with Crippen LogP contribution >= 0.6 is 0 Å². The van der Waals surface area contributed by atoms with Crippen LogP contribution in [0.4, 0.5) is 0 Å². The number of nitrogens with zero attached hydrogens (tertiary/aromatic N) is 1. The number of rotatable bonds is 6. The molecule has 108 valence electrons. The maximum Gasteiger partial charge on any atom is 0.332 e. The predicted octanol–water partition coefficient (Wildman–Crippen LogP) is 3.38. The molecular weight excluding hydrogens is 238 g/mol. The summed E-state index contributed by atoms with van der Waals surface area (Å²) in [7, 11) is 0. The first-order chi connectivity index (χ1) is 9.01. The second-order valence-corrected chi connectivity index (χ2v) is 5.39. The van der Waals surface area contributed by atoms with Crippen LogP contribution in [0.15, 0.2) is 24.4 Å². The normalized spacial score (nSPS) is 23.1. The summed E-state index contributed by atoms with van der Waals surface area (Å²) >= 11 is 0. The minimum absolute atomic E-state index is 0.236. The maximum absolute atomic E-state index is 11.8. The van der Waals surface area contributed by atoms with Gasteiger partial charge in [-0.1, -0.05) is 19.9 Å². The van der Waals surface area contributed by atoms with Crippen LogP contribution in [-0.2, 0) is 9.53 Å². The first kappa shape index (κ1) is 15.8. The Hall–Kier alpha value is -1.25. The molecule has 1 aliphatic heterocycles. The highest BCUT2D eigenvalue weighted by Crippen LogP contribution is 2.30. The number of likely N-dealkylation sites (tertiary alicyclic amines) is 1. The molecule has 0 spiro atoms. The van der Waals surface area contributed by atoms with Crippen molar-refractivity contribution in [1.82, 2.24) is 4.90 Å². The average molecular weight is 265 g/mol. The molecule has 0 aromatic rings. The Balaban J connectivity index is 2.96. The van der Waals surface area contributed by atoms with E-state index < -0.39 is 0 Å². The standard InChI is InChI=1S/C16H27NO2/c1-6-12(3)14(5)15(11-16(18)19-7-2)17-10-8-9-13(17)4/h6,11-14H,1,7-10H2,2-5H3/b15-11-/t12-,13+,14-/m1/s1. The van der Waals surface area contributed by atoms with Crippen molar-refractivity contribution in [3.8, 4) is 0 Å². The third-order valence-electron chi connectivity index (χ3n) is 4.06. The van der Waals surface area contributed by atoms with Gasteiger partial charge in [0.25, 0.3) is 0 Å². The van der Waals surface area contributed by atoms with Crippen LogP contribution in [-0.4, -0.2) is 30.1 Å². The molecular formula is C16H27NO2. The highest BCUT2D eigenvalue weighted by atomic mass is 16.5. The molecule has 1 saturated heterocycles. The smallest absolute Gasteiger partial charge is 0.332 e. The van der Waals surface area contributed by atoms with Crippen molar-refractivity contribution in [3.63, 3.8) is 0 Å². The Morgan fingerprint density at radius 3 is 2.68 bits per heavy atom. The predicted molar refractivity (Wildman–Crippen MR) is 78.6 cm³/mol. The third-order valence-corrected chi connectivity index (χ3v) is 4.06. The van der Waals surface area contributed by atoms with E-state index in [9.17, 15) is 4.79 Å². The van der Waals surface area contributed by atoms with Gasteiger partial charge in [-0.25, -0.2) is 4.79 Å². The molecule has 0 N–H and O–H groups in total. The second kappa shape index (κ2) is 7.37. The van der Waals surface area contributed by atoms with Gasteiger partial charge >= 0.3 is 5.97 Å². The first-order valence-corrected chi connectivity index (χ1v) is 7.28. The Bertz CT molecular complexity index is 349. The molecule has 1 fully saturated rings. The van der Waals surface area contributed by atoms with E-state index in [-0.39, 0.29) is 11.9 Å². The average Bonchev–Trinajstić information content (AvgIpc) is 2.80. The Morgan fingerprint density at radius 2 is 2.21 bits per heavy atom. The Labute approximate surface area is 117 Å². The van der Waals surface area contributed by atoms with Gasteiger partial charge in [0, 0.05) is 30.3 Å². The number of hydrogen-bond acceptors (Lipinski definition) is 3. The molecule has 19 heavy (non-hydrogen) atoms. The minimum atomic E-state index is -0.236. The largest absolute Gasteiger partial charge is 0.463 e. The van der Waals surface area contributed by atoms with E-state index >= 15 is 0 Å². The SMILES string of the molecule is C=C[C@@H](C)[C@@H](C)/C(=C/C(=O)OCC)N1CCC[C@@H]1C. The zero-order valence-corrected chi connectivity index (χ0v) is 12.7. The Kier molecular flexibility index (Phi) is 6.13. The van der Waals surface area contributed by atoms with Crippen LogP contribution < -0.4 is 0 Å². The molecule has 0 aromatic heterocycles. The van der Waals surface area contributed by atoms with Gasteiger partial charge in [-0.3, -0.25) is 0 Å². The Morgan fingerprint density at radius 1 is 1.53 bits per heavy atom. The molecule has 3 nitrogen and oxygen atoms in total. The maximum atomic E-state index is 11.8. The number of esters is 1. The third kappa shape index (κ3) is 4.12. The number of carbonyl (C=O) groups excluding carboxylic acids is 1. The minimum Gasteiger partial charge on any atom is -0.463 e. The molecule has 1 aliphatic rings. The second-order valence-electron chi connectivity index (χ2n) is 5.39. The van der Waals surface area contributed by atoms with Gasteiger partial charge in [-0.2, -0.15) is 0 Å². The quantitative estimate of drug-likeness (QED) is 0.419. The summed E-state index contributed by atoms with van der Waals surface area (Å²) in [5.74, 6) is 0.385. The molecule has 0 saturated carbocycles. The number of allylic oxidation sites excluding steroid dienone is 2. The summed E-state index contributed by atoms with van der Waals surface area (Å²) < 4.78 is 5.06. The van der Waals surface area contributed by atoms with Gasteiger partial charge < -0.3 is 9.64 Å². The van der Waals surface area contributed by atoms with Crippen molar-refractivity contribution in [2.24, 2.45) is 11.8 Å². The summed E-state index contributed by atoms with van der Waals surface area (Å²) in [6.45, 7) is 13.7. The van der Waals surface area contributed by atoms with Crippen LogP contribution in [0.25, 0.3) is 0 Å². The first-order valence-electron chi connectivity index (χ1n) is 7.28. The molecule has 0 aromatic carbocycles. The molecule has 0 radical (unpaired) electrons. The zero-order chi connectivity index (χ0) is 14.4. The highest BCUT2D eigenvalue weighted by Gasteiger charge is 2.28. The van der Waals surface area contributed by atoms with Crippen molar-refractivity contribution in [1.29, 1.82) is 0 Å². The molecule has 1 rings (SSSR count). The van der Waals surface area contributed by atoms with Gasteiger partial charge in [-0.05, 0) is 32.6 Å². The van der Waals surface area contributed by atoms with Crippen molar-refractivity contribution < 1.29 is 9.53 Å². The van der Waals surface area contributed by atoms with Gasteiger partial charge in [0.1, 0.15) is 0 Å². The zero-order valence-electron chi connectivity index (χ0n) is 12.7. The summed E-state index contributed by atoms with van der Waals surface area (Å²) in [5, 5.41) is 0. The van der Waals surface area contributed by atoms with Crippen LogP contribution in [0, 0.1) is 11.8 Å². The van der Waals surface area contributed by atoms with Gasteiger partial charge in [0.15, 0.2) is 0 Å². The molecule has 0 amide bonds. The van der Waals surface area contributed by atoms with Crippen LogP contribution in [0.5, 0.6) is 0 Å². The lowest BCUT2D eigenvalue weighted by molar-refractivity contribution is -0.137. The number of carbonyl (C=O) groups is 1. The highest BCUT2D eigenvalue weighted by molar-refractivity contribution is 5.82. The topological polar surface area (TPSA) is 29.5 Å². The van der Waals surface area contributed by atoms with Crippen LogP contribution in [0.2, 0.25) is 0 Å². The fourth-order valence-electron chi connectivity index (χ4n) is 2.57. The van der Waals surface area contributed by atoms with Crippen molar-refractivity contribution in [2.45, 2.75) is 46.6 Å². The summed E-state index contributed by atoms with van der Waals surface area (Å²) in [4.78, 5) is 14.1. The van der Waals surface area contributed by atoms with E-state index in [2.05, 4.69) is 32.3 Å². The van der Waals surface area contributed by atoms with Gasteiger partial charge in [-0.15, -0.1) is 6.58 Å². The van der Waals surface area contributed by atoms with E-state index in [0.717, 1.165) is 12.2 Å². The van der Waals surface area contributed by atoms with Crippen LogP contribution in [0.1, 0.15) is 40.5 Å². The van der Waals surface area contributed by atoms with E-state index in [1.54, 1.807) is 6.08 Å². The van der Waals surface area contributed by atoms with Crippen molar-refractivity contribution in [3.05, 3.63) is 24.4 Å².